The second-order valence-electron chi connectivity index (χ2n) is 5.12. The molecule has 0 spiro atoms. The predicted octanol–water partition coefficient (Wildman–Crippen LogP) is 4.07. The number of para-hydroxylation sites is 1. The number of hydrogen-bond donors (Lipinski definition) is 2. The number of hydrogen-bond acceptors (Lipinski definition) is 5. The molecule has 27 heavy (non-hydrogen) atoms. The van der Waals surface area contributed by atoms with E-state index in [1.807, 2.05) is 5.32 Å². The van der Waals surface area contributed by atoms with Crippen LogP contribution in [-0.4, -0.2) is 10.8 Å². The molecule has 10 heteroatoms. The molecule has 138 valence electrons. The van der Waals surface area contributed by atoms with E-state index < -0.39 is 33.8 Å². The molecule has 2 aromatic rings. The monoisotopic (exact) mass is 376 g/mol. The van der Waals surface area contributed by atoms with Crippen LogP contribution in [0.3, 0.4) is 0 Å². The van der Waals surface area contributed by atoms with Gasteiger partial charge >= 0.3 is 6.18 Å². The first kappa shape index (κ1) is 19.5. The number of carbonyl (C=O) groups is 1. The van der Waals surface area contributed by atoms with E-state index in [2.05, 4.69) is 5.32 Å². The molecule has 0 heterocycles. The zero-order chi connectivity index (χ0) is 20.0. The molecule has 0 unspecified atom stereocenters. The Kier molecular flexibility index (Phi) is 5.77. The standard InChI is InChI=1S/C17H11F3N4O3/c18-17(19,20)14-6-1-2-7-15(14)23-16(25)11(9-21)10-22-12-4-3-5-13(8-12)24(26)27/h1-8,10,22H,(H,23,25)/b11-10-. The van der Waals surface area contributed by atoms with Gasteiger partial charge in [0, 0.05) is 24.0 Å². The van der Waals surface area contributed by atoms with Gasteiger partial charge in [0.15, 0.2) is 0 Å². The molecule has 1 amide bonds. The summed E-state index contributed by atoms with van der Waals surface area (Å²) in [4.78, 5) is 22.2. The van der Waals surface area contributed by atoms with Crippen molar-refractivity contribution in [3.8, 4) is 6.07 Å². The number of non-ortho nitro benzene ring substituents is 1. The number of nitrogens with zero attached hydrogens (tertiary/aromatic N) is 2. The predicted molar refractivity (Wildman–Crippen MR) is 90.5 cm³/mol. The summed E-state index contributed by atoms with van der Waals surface area (Å²) in [6, 6.07) is 11.2. The van der Waals surface area contributed by atoms with Crippen LogP contribution in [0.4, 0.5) is 30.2 Å². The van der Waals surface area contributed by atoms with Crippen LogP contribution in [0.1, 0.15) is 5.56 Å². The molecule has 0 aliphatic carbocycles. The van der Waals surface area contributed by atoms with Gasteiger partial charge in [0.1, 0.15) is 11.6 Å². The number of amides is 1. The maximum absolute atomic E-state index is 13.0. The summed E-state index contributed by atoms with van der Waals surface area (Å²) in [5.41, 5.74) is -2.05. The summed E-state index contributed by atoms with van der Waals surface area (Å²) < 4.78 is 38.9. The average Bonchev–Trinajstić information content (AvgIpc) is 2.62. The number of nitro groups is 1. The fourth-order valence-corrected chi connectivity index (χ4v) is 2.04. The first-order valence-electron chi connectivity index (χ1n) is 7.31. The van der Waals surface area contributed by atoms with Crippen molar-refractivity contribution in [1.82, 2.24) is 0 Å². The molecular weight excluding hydrogens is 365 g/mol. The van der Waals surface area contributed by atoms with Gasteiger partial charge in [-0.2, -0.15) is 18.4 Å². The van der Waals surface area contributed by atoms with Gasteiger partial charge in [-0.25, -0.2) is 0 Å². The van der Waals surface area contributed by atoms with Crippen LogP contribution in [0.5, 0.6) is 0 Å². The number of anilines is 2. The van der Waals surface area contributed by atoms with E-state index in [-0.39, 0.29) is 11.4 Å². The average molecular weight is 376 g/mol. The van der Waals surface area contributed by atoms with Crippen LogP contribution in [0, 0.1) is 21.4 Å². The molecule has 0 aromatic heterocycles. The molecule has 0 aliphatic heterocycles. The van der Waals surface area contributed by atoms with Gasteiger partial charge in [0.25, 0.3) is 11.6 Å². The highest BCUT2D eigenvalue weighted by Gasteiger charge is 2.33. The van der Waals surface area contributed by atoms with E-state index in [0.29, 0.717) is 0 Å². The maximum atomic E-state index is 13.0. The third-order valence-electron chi connectivity index (χ3n) is 3.29. The first-order valence-corrected chi connectivity index (χ1v) is 7.31. The van der Waals surface area contributed by atoms with E-state index in [1.165, 1.54) is 36.4 Å². The van der Waals surface area contributed by atoms with Crippen molar-refractivity contribution in [3.63, 3.8) is 0 Å². The number of alkyl halides is 3. The highest BCUT2D eigenvalue weighted by molar-refractivity contribution is 6.07. The summed E-state index contributed by atoms with van der Waals surface area (Å²) in [5.74, 6) is -1.06. The summed E-state index contributed by atoms with van der Waals surface area (Å²) in [6.45, 7) is 0. The Hall–Kier alpha value is -3.87. The van der Waals surface area contributed by atoms with Crippen LogP contribution in [0.25, 0.3) is 0 Å². The van der Waals surface area contributed by atoms with E-state index in [4.69, 9.17) is 5.26 Å². The van der Waals surface area contributed by atoms with Crippen molar-refractivity contribution in [3.05, 3.63) is 76.0 Å². The van der Waals surface area contributed by atoms with Crippen molar-refractivity contribution >= 4 is 23.0 Å². The van der Waals surface area contributed by atoms with Gasteiger partial charge < -0.3 is 10.6 Å². The van der Waals surface area contributed by atoms with Gasteiger partial charge in [0.05, 0.1) is 16.2 Å². The van der Waals surface area contributed by atoms with Gasteiger partial charge in [-0.1, -0.05) is 18.2 Å². The minimum Gasteiger partial charge on any atom is -0.360 e. The van der Waals surface area contributed by atoms with Crippen LogP contribution < -0.4 is 10.6 Å². The van der Waals surface area contributed by atoms with Gasteiger partial charge in [-0.15, -0.1) is 0 Å². The molecule has 2 rings (SSSR count). The van der Waals surface area contributed by atoms with Crippen molar-refractivity contribution < 1.29 is 22.9 Å². The lowest BCUT2D eigenvalue weighted by Crippen LogP contribution is -2.18. The van der Waals surface area contributed by atoms with Crippen LogP contribution in [0.15, 0.2) is 60.3 Å². The molecule has 0 saturated heterocycles. The molecule has 0 bridgehead atoms. The Morgan fingerprint density at radius 1 is 1.19 bits per heavy atom. The zero-order valence-electron chi connectivity index (χ0n) is 13.4. The highest BCUT2D eigenvalue weighted by Crippen LogP contribution is 2.34. The van der Waals surface area contributed by atoms with Crippen LogP contribution >= 0.6 is 0 Å². The van der Waals surface area contributed by atoms with Crippen molar-refractivity contribution in [2.75, 3.05) is 10.6 Å². The lowest BCUT2D eigenvalue weighted by atomic mass is 10.1. The third kappa shape index (κ3) is 5.05. The minimum absolute atomic E-state index is 0.213. The Bertz CT molecular complexity index is 949. The number of nitriles is 1. The second kappa shape index (κ2) is 8.01. The fraction of sp³-hybridized carbons (Fsp3) is 0.0588. The van der Waals surface area contributed by atoms with Crippen molar-refractivity contribution in [1.29, 1.82) is 5.26 Å². The SMILES string of the molecule is N#C/C(=C/Nc1cccc([N+](=O)[O-])c1)C(=O)Nc1ccccc1C(F)(F)F. The smallest absolute Gasteiger partial charge is 0.360 e. The third-order valence-corrected chi connectivity index (χ3v) is 3.29. The number of rotatable bonds is 5. The molecule has 0 fully saturated rings. The van der Waals surface area contributed by atoms with Gasteiger partial charge in [-0.05, 0) is 18.2 Å². The molecular formula is C17H11F3N4O3. The zero-order valence-corrected chi connectivity index (χ0v) is 13.4. The van der Waals surface area contributed by atoms with Crippen LogP contribution in [-0.2, 0) is 11.0 Å². The van der Waals surface area contributed by atoms with E-state index in [1.54, 1.807) is 6.07 Å². The number of nitro benzene ring substituents is 1. The number of benzene rings is 2. The minimum atomic E-state index is -4.68. The maximum Gasteiger partial charge on any atom is 0.418 e. The number of nitrogens with one attached hydrogen (secondary N) is 2. The Morgan fingerprint density at radius 3 is 2.52 bits per heavy atom. The summed E-state index contributed by atoms with van der Waals surface area (Å²) in [7, 11) is 0. The fourth-order valence-electron chi connectivity index (χ4n) is 2.04. The normalized spacial score (nSPS) is 11.4. The molecule has 2 N–H and O–H groups in total. The van der Waals surface area contributed by atoms with Gasteiger partial charge in [0.2, 0.25) is 0 Å². The highest BCUT2D eigenvalue weighted by atomic mass is 19.4. The largest absolute Gasteiger partial charge is 0.418 e. The first-order chi connectivity index (χ1) is 12.7. The van der Waals surface area contributed by atoms with E-state index in [0.717, 1.165) is 18.3 Å². The van der Waals surface area contributed by atoms with E-state index >= 15 is 0 Å². The molecule has 0 saturated carbocycles. The number of halogens is 3. The second-order valence-corrected chi connectivity index (χ2v) is 5.12. The summed E-state index contributed by atoms with van der Waals surface area (Å²) in [5, 5.41) is 24.4. The lowest BCUT2D eigenvalue weighted by molar-refractivity contribution is -0.384. The number of carbonyl (C=O) groups excluding carboxylic acids is 1. The molecule has 2 aromatic carbocycles. The molecule has 0 radical (unpaired) electrons. The Labute approximate surface area is 150 Å². The molecule has 0 atom stereocenters. The van der Waals surface area contributed by atoms with E-state index in [9.17, 15) is 28.1 Å². The Morgan fingerprint density at radius 2 is 1.89 bits per heavy atom. The lowest BCUT2D eigenvalue weighted by Gasteiger charge is -2.13. The molecule has 7 nitrogen and oxygen atoms in total. The topological polar surface area (TPSA) is 108 Å². The van der Waals surface area contributed by atoms with Crippen molar-refractivity contribution in [2.45, 2.75) is 6.18 Å². The van der Waals surface area contributed by atoms with Gasteiger partial charge in [-0.3, -0.25) is 14.9 Å². The molecule has 0 aliphatic rings. The summed E-state index contributed by atoms with van der Waals surface area (Å²) in [6.07, 6.45) is -3.73. The van der Waals surface area contributed by atoms with Crippen LogP contribution in [0.2, 0.25) is 0 Å². The Balaban J connectivity index is 2.20. The van der Waals surface area contributed by atoms with Crippen molar-refractivity contribution in [2.24, 2.45) is 0 Å². The quantitative estimate of drug-likeness (QED) is 0.354. The summed E-state index contributed by atoms with van der Waals surface area (Å²) >= 11 is 0.